The van der Waals surface area contributed by atoms with E-state index in [-0.39, 0.29) is 0 Å². The fourth-order valence-corrected chi connectivity index (χ4v) is 1.43. The summed E-state index contributed by atoms with van der Waals surface area (Å²) in [7, 11) is 0. The molecule has 1 heterocycles. The third kappa shape index (κ3) is 4.30. The van der Waals surface area contributed by atoms with E-state index in [0.29, 0.717) is 6.04 Å². The molecule has 0 bridgehead atoms. The minimum atomic E-state index is 0.535. The highest BCUT2D eigenvalue weighted by atomic mass is 15.3. The van der Waals surface area contributed by atoms with Gasteiger partial charge in [0.05, 0.1) is 6.20 Å². The van der Waals surface area contributed by atoms with E-state index in [4.69, 9.17) is 0 Å². The zero-order valence-electron chi connectivity index (χ0n) is 9.74. The first-order valence-electron chi connectivity index (χ1n) is 5.61. The highest BCUT2D eigenvalue weighted by Gasteiger charge is 2.01. The molecule has 0 aliphatic rings. The van der Waals surface area contributed by atoms with E-state index in [2.05, 4.69) is 37.0 Å². The lowest BCUT2D eigenvalue weighted by atomic mass is 10.2. The van der Waals surface area contributed by atoms with Gasteiger partial charge in [-0.2, -0.15) is 5.10 Å². The molecule has 0 radical (unpaired) electrons. The van der Waals surface area contributed by atoms with Crippen molar-refractivity contribution in [2.75, 3.05) is 0 Å². The van der Waals surface area contributed by atoms with Crippen LogP contribution in [0.1, 0.15) is 32.3 Å². The van der Waals surface area contributed by atoms with Gasteiger partial charge in [-0.25, -0.2) is 0 Å². The first-order chi connectivity index (χ1) is 7.26. The zero-order chi connectivity index (χ0) is 11.1. The second-order valence-corrected chi connectivity index (χ2v) is 3.85. The molecular weight excluding hydrogens is 186 g/mol. The van der Waals surface area contributed by atoms with E-state index in [1.807, 2.05) is 17.0 Å². The Labute approximate surface area is 92.2 Å². The summed E-state index contributed by atoms with van der Waals surface area (Å²) in [6.07, 6.45) is 8.20. The lowest BCUT2D eigenvalue weighted by Gasteiger charge is -2.11. The smallest absolute Gasteiger partial charge is 0.0534 e. The van der Waals surface area contributed by atoms with Crippen LogP contribution in [0.3, 0.4) is 0 Å². The quantitative estimate of drug-likeness (QED) is 0.696. The molecular formula is C12H21N3. The van der Waals surface area contributed by atoms with Crippen molar-refractivity contribution in [3.05, 3.63) is 30.6 Å². The Morgan fingerprint density at radius 1 is 1.67 bits per heavy atom. The highest BCUT2D eigenvalue weighted by Crippen LogP contribution is 2.01. The van der Waals surface area contributed by atoms with Crippen molar-refractivity contribution in [1.82, 2.24) is 15.1 Å². The molecule has 1 unspecified atom stereocenters. The van der Waals surface area contributed by atoms with Crippen molar-refractivity contribution < 1.29 is 0 Å². The standard InChI is InChI=1S/C12H21N3/c1-4-6-7-11(3)13-8-12-9-14-15(5-2)10-12/h4,9-11,13H,1,5-8H2,2-3H3. The third-order valence-corrected chi connectivity index (χ3v) is 2.47. The lowest BCUT2D eigenvalue weighted by Crippen LogP contribution is -2.24. The van der Waals surface area contributed by atoms with Gasteiger partial charge in [-0.15, -0.1) is 6.58 Å². The summed E-state index contributed by atoms with van der Waals surface area (Å²) >= 11 is 0. The number of hydrogen-bond acceptors (Lipinski definition) is 2. The van der Waals surface area contributed by atoms with Gasteiger partial charge in [0.25, 0.3) is 0 Å². The molecule has 0 spiro atoms. The van der Waals surface area contributed by atoms with Crippen LogP contribution in [0.4, 0.5) is 0 Å². The third-order valence-electron chi connectivity index (χ3n) is 2.47. The van der Waals surface area contributed by atoms with Crippen LogP contribution in [-0.4, -0.2) is 15.8 Å². The van der Waals surface area contributed by atoms with Crippen LogP contribution in [0.5, 0.6) is 0 Å². The molecule has 1 aromatic heterocycles. The molecule has 0 fully saturated rings. The van der Waals surface area contributed by atoms with Crippen LogP contribution in [0, 0.1) is 0 Å². The van der Waals surface area contributed by atoms with Gasteiger partial charge in [0.15, 0.2) is 0 Å². The molecule has 0 aliphatic heterocycles. The number of aromatic nitrogens is 2. The predicted molar refractivity (Wildman–Crippen MR) is 63.6 cm³/mol. The van der Waals surface area contributed by atoms with Gasteiger partial charge in [-0.05, 0) is 26.7 Å². The fourth-order valence-electron chi connectivity index (χ4n) is 1.43. The van der Waals surface area contributed by atoms with Gasteiger partial charge < -0.3 is 5.32 Å². The maximum atomic E-state index is 4.24. The second-order valence-electron chi connectivity index (χ2n) is 3.85. The van der Waals surface area contributed by atoms with Gasteiger partial charge >= 0.3 is 0 Å². The Balaban J connectivity index is 2.26. The number of aryl methyl sites for hydroxylation is 1. The molecule has 0 amide bonds. The van der Waals surface area contributed by atoms with E-state index in [0.717, 1.165) is 25.9 Å². The summed E-state index contributed by atoms with van der Waals surface area (Å²) in [5.74, 6) is 0. The number of allylic oxidation sites excluding steroid dienone is 1. The van der Waals surface area contributed by atoms with E-state index < -0.39 is 0 Å². The average molecular weight is 207 g/mol. The number of nitrogens with one attached hydrogen (secondary N) is 1. The monoisotopic (exact) mass is 207 g/mol. The molecule has 0 saturated heterocycles. The number of rotatable bonds is 7. The summed E-state index contributed by atoms with van der Waals surface area (Å²) in [5, 5.41) is 7.71. The highest BCUT2D eigenvalue weighted by molar-refractivity contribution is 5.03. The fraction of sp³-hybridized carbons (Fsp3) is 0.583. The molecule has 1 N–H and O–H groups in total. The lowest BCUT2D eigenvalue weighted by molar-refractivity contribution is 0.518. The Morgan fingerprint density at radius 3 is 3.07 bits per heavy atom. The Kier molecular flexibility index (Phi) is 5.12. The first-order valence-corrected chi connectivity index (χ1v) is 5.61. The van der Waals surface area contributed by atoms with E-state index in [1.54, 1.807) is 0 Å². The van der Waals surface area contributed by atoms with Gasteiger partial charge in [0, 0.05) is 30.9 Å². The van der Waals surface area contributed by atoms with Crippen molar-refractivity contribution >= 4 is 0 Å². The van der Waals surface area contributed by atoms with Crippen LogP contribution < -0.4 is 5.32 Å². The van der Waals surface area contributed by atoms with Crippen LogP contribution >= 0.6 is 0 Å². The SMILES string of the molecule is C=CCCC(C)NCc1cnn(CC)c1. The van der Waals surface area contributed by atoms with Crippen molar-refractivity contribution in [2.24, 2.45) is 0 Å². The molecule has 3 heteroatoms. The molecule has 0 aliphatic carbocycles. The Morgan fingerprint density at radius 2 is 2.47 bits per heavy atom. The Bertz CT molecular complexity index is 291. The maximum absolute atomic E-state index is 4.24. The molecule has 0 aromatic carbocycles. The molecule has 1 aromatic rings. The van der Waals surface area contributed by atoms with E-state index >= 15 is 0 Å². The summed E-state index contributed by atoms with van der Waals surface area (Å²) in [6, 6.07) is 0.535. The first kappa shape index (κ1) is 12.0. The Hall–Kier alpha value is -1.09. The second kappa shape index (κ2) is 6.40. The topological polar surface area (TPSA) is 29.9 Å². The molecule has 1 rings (SSSR count). The molecule has 1 atom stereocenters. The summed E-state index contributed by atoms with van der Waals surface area (Å²) in [5.41, 5.74) is 1.25. The van der Waals surface area contributed by atoms with Crippen LogP contribution in [0.2, 0.25) is 0 Å². The maximum Gasteiger partial charge on any atom is 0.0534 e. The number of hydrogen-bond donors (Lipinski definition) is 1. The van der Waals surface area contributed by atoms with Gasteiger partial charge in [0.2, 0.25) is 0 Å². The molecule has 15 heavy (non-hydrogen) atoms. The van der Waals surface area contributed by atoms with Crippen molar-refractivity contribution in [3.63, 3.8) is 0 Å². The van der Waals surface area contributed by atoms with Gasteiger partial charge in [-0.1, -0.05) is 6.08 Å². The average Bonchev–Trinajstić information content (AvgIpc) is 2.71. The summed E-state index contributed by atoms with van der Waals surface area (Å²) in [6.45, 7) is 9.86. The largest absolute Gasteiger partial charge is 0.310 e. The minimum Gasteiger partial charge on any atom is -0.310 e. The van der Waals surface area contributed by atoms with E-state index in [1.165, 1.54) is 5.56 Å². The number of nitrogens with zero attached hydrogens (tertiary/aromatic N) is 2. The normalized spacial score (nSPS) is 12.7. The predicted octanol–water partition coefficient (Wildman–Crippen LogP) is 2.35. The van der Waals surface area contributed by atoms with Gasteiger partial charge in [-0.3, -0.25) is 4.68 Å². The molecule has 84 valence electrons. The molecule has 3 nitrogen and oxygen atoms in total. The van der Waals surface area contributed by atoms with Crippen LogP contribution in [-0.2, 0) is 13.1 Å². The summed E-state index contributed by atoms with van der Waals surface area (Å²) in [4.78, 5) is 0. The summed E-state index contributed by atoms with van der Waals surface area (Å²) < 4.78 is 1.95. The van der Waals surface area contributed by atoms with Gasteiger partial charge in [0.1, 0.15) is 0 Å². The van der Waals surface area contributed by atoms with Crippen molar-refractivity contribution in [1.29, 1.82) is 0 Å². The molecule has 0 saturated carbocycles. The van der Waals surface area contributed by atoms with Crippen LogP contribution in [0.25, 0.3) is 0 Å². The minimum absolute atomic E-state index is 0.535. The van der Waals surface area contributed by atoms with E-state index in [9.17, 15) is 0 Å². The van der Waals surface area contributed by atoms with Crippen LogP contribution in [0.15, 0.2) is 25.0 Å². The van der Waals surface area contributed by atoms with Crippen molar-refractivity contribution in [3.8, 4) is 0 Å². The van der Waals surface area contributed by atoms with Crippen molar-refractivity contribution in [2.45, 2.75) is 45.8 Å². The zero-order valence-corrected chi connectivity index (χ0v) is 9.74.